The summed E-state index contributed by atoms with van der Waals surface area (Å²) in [5.74, 6) is 0. The summed E-state index contributed by atoms with van der Waals surface area (Å²) in [4.78, 5) is 2.40. The Balaban J connectivity index is 1.06. The highest BCUT2D eigenvalue weighted by Gasteiger charge is 2.20. The van der Waals surface area contributed by atoms with E-state index in [1.807, 2.05) is 6.07 Å². The van der Waals surface area contributed by atoms with Crippen molar-refractivity contribution in [3.8, 4) is 33.4 Å². The summed E-state index contributed by atoms with van der Waals surface area (Å²) in [5.41, 5.74) is 12.0. The first-order chi connectivity index (χ1) is 27.8. The van der Waals surface area contributed by atoms with E-state index in [4.69, 9.17) is 4.42 Å². The molecule has 262 valence electrons. The van der Waals surface area contributed by atoms with Crippen LogP contribution in [-0.2, 0) is 0 Å². The number of nitrogens with zero attached hydrogens (tertiary/aromatic N) is 1. The number of furan rings is 1. The Kier molecular flexibility index (Phi) is 7.53. The zero-order valence-electron chi connectivity index (χ0n) is 30.6. The molecule has 0 saturated heterocycles. The van der Waals surface area contributed by atoms with E-state index in [2.05, 4.69) is 211 Å². The van der Waals surface area contributed by atoms with Gasteiger partial charge in [0.25, 0.3) is 0 Å². The van der Waals surface area contributed by atoms with Gasteiger partial charge in [0.15, 0.2) is 0 Å². The van der Waals surface area contributed by atoms with E-state index in [0.29, 0.717) is 0 Å². The summed E-state index contributed by atoms with van der Waals surface area (Å²) in [6, 6.07) is 76.4. The molecule has 0 saturated carbocycles. The van der Waals surface area contributed by atoms with E-state index in [1.54, 1.807) is 0 Å². The van der Waals surface area contributed by atoms with Crippen molar-refractivity contribution in [2.24, 2.45) is 0 Å². The number of anilines is 3. The summed E-state index contributed by atoms with van der Waals surface area (Å²) in [6.07, 6.45) is 0. The van der Waals surface area contributed by atoms with E-state index in [1.165, 1.54) is 43.4 Å². The number of para-hydroxylation sites is 1. The first-order valence-electron chi connectivity index (χ1n) is 19.2. The second-order valence-electron chi connectivity index (χ2n) is 14.5. The predicted molar refractivity (Wildman–Crippen MR) is 237 cm³/mol. The second kappa shape index (κ2) is 13.2. The zero-order valence-corrected chi connectivity index (χ0v) is 30.6. The van der Waals surface area contributed by atoms with Gasteiger partial charge in [0.05, 0.1) is 5.69 Å². The lowest BCUT2D eigenvalue weighted by Gasteiger charge is -2.27. The lowest BCUT2D eigenvalue weighted by molar-refractivity contribution is 0.670. The van der Waals surface area contributed by atoms with Gasteiger partial charge in [0.2, 0.25) is 0 Å². The maximum absolute atomic E-state index is 6.60. The van der Waals surface area contributed by atoms with Crippen molar-refractivity contribution >= 4 is 71.3 Å². The molecular formula is C54H35NO. The average Bonchev–Trinajstić information content (AvgIpc) is 3.67. The van der Waals surface area contributed by atoms with Crippen molar-refractivity contribution in [3.63, 3.8) is 0 Å². The van der Waals surface area contributed by atoms with Crippen molar-refractivity contribution in [2.75, 3.05) is 4.90 Å². The third-order valence-electron chi connectivity index (χ3n) is 11.3. The second-order valence-corrected chi connectivity index (χ2v) is 14.5. The molecule has 0 spiro atoms. The van der Waals surface area contributed by atoms with Crippen LogP contribution in [0.15, 0.2) is 217 Å². The summed E-state index contributed by atoms with van der Waals surface area (Å²) < 4.78 is 6.60. The molecule has 0 N–H and O–H groups in total. The predicted octanol–water partition coefficient (Wildman–Crippen LogP) is 15.5. The minimum atomic E-state index is 0.894. The normalized spacial score (nSPS) is 11.6. The number of rotatable bonds is 6. The summed E-state index contributed by atoms with van der Waals surface area (Å²) in [6.45, 7) is 0. The van der Waals surface area contributed by atoms with Crippen LogP contribution in [-0.4, -0.2) is 0 Å². The molecule has 0 atom stereocenters. The molecule has 11 rings (SSSR count). The molecule has 2 nitrogen and oxygen atoms in total. The highest BCUT2D eigenvalue weighted by Crippen LogP contribution is 2.44. The number of benzene rings is 10. The van der Waals surface area contributed by atoms with E-state index in [9.17, 15) is 0 Å². The van der Waals surface area contributed by atoms with Gasteiger partial charge in [-0.05, 0) is 103 Å². The first-order valence-corrected chi connectivity index (χ1v) is 19.2. The van der Waals surface area contributed by atoms with Crippen LogP contribution >= 0.6 is 0 Å². The first kappa shape index (κ1) is 32.0. The Labute approximate surface area is 325 Å². The van der Waals surface area contributed by atoms with Crippen LogP contribution in [0.3, 0.4) is 0 Å². The molecular weight excluding hydrogens is 679 g/mol. The largest absolute Gasteiger partial charge is 0.455 e. The van der Waals surface area contributed by atoms with Gasteiger partial charge in [0, 0.05) is 33.1 Å². The Bertz CT molecular complexity index is 3230. The van der Waals surface area contributed by atoms with Gasteiger partial charge in [-0.2, -0.15) is 0 Å². The molecule has 0 amide bonds. The van der Waals surface area contributed by atoms with E-state index in [0.717, 1.165) is 61.3 Å². The molecule has 10 aromatic carbocycles. The van der Waals surface area contributed by atoms with Gasteiger partial charge >= 0.3 is 0 Å². The van der Waals surface area contributed by atoms with Crippen LogP contribution in [0.4, 0.5) is 17.1 Å². The average molecular weight is 714 g/mol. The number of hydrogen-bond donors (Lipinski definition) is 0. The zero-order chi connectivity index (χ0) is 37.0. The molecule has 1 heterocycles. The lowest BCUT2D eigenvalue weighted by atomic mass is 9.94. The summed E-state index contributed by atoms with van der Waals surface area (Å²) in [7, 11) is 0. The van der Waals surface area contributed by atoms with Gasteiger partial charge < -0.3 is 9.32 Å². The standard InChI is InChI=1S/C54H35NO/c1-2-12-38(13-3-1)47-34-33-46(53-50-17-8-9-20-52(50)56-54(47)53)40-25-30-44(31-26-40)55(51-19-10-18-48-45-16-7-6-14-39(45)27-32-49(48)51)43-28-23-37(24-29-43)42-22-21-36-11-4-5-15-41(36)35-42/h1-35H. The molecule has 0 aliphatic rings. The Morgan fingerprint density at radius 1 is 0.321 bits per heavy atom. The molecule has 0 unspecified atom stereocenters. The van der Waals surface area contributed by atoms with Crippen molar-refractivity contribution in [1.82, 2.24) is 0 Å². The summed E-state index contributed by atoms with van der Waals surface area (Å²) in [5, 5.41) is 9.69. The van der Waals surface area contributed by atoms with Crippen molar-refractivity contribution in [3.05, 3.63) is 212 Å². The lowest BCUT2D eigenvalue weighted by Crippen LogP contribution is -2.10. The molecule has 2 heteroatoms. The van der Waals surface area contributed by atoms with E-state index >= 15 is 0 Å². The maximum Gasteiger partial charge on any atom is 0.143 e. The quantitative estimate of drug-likeness (QED) is 0.160. The van der Waals surface area contributed by atoms with Crippen LogP contribution in [0.5, 0.6) is 0 Å². The highest BCUT2D eigenvalue weighted by atomic mass is 16.3. The van der Waals surface area contributed by atoms with Crippen molar-refractivity contribution in [2.45, 2.75) is 0 Å². The molecule has 0 radical (unpaired) electrons. The van der Waals surface area contributed by atoms with Crippen LogP contribution in [0.2, 0.25) is 0 Å². The van der Waals surface area contributed by atoms with E-state index < -0.39 is 0 Å². The fourth-order valence-electron chi connectivity index (χ4n) is 8.52. The SMILES string of the molecule is c1ccc(-c2ccc(-c3ccc(N(c4ccc(-c5ccc6ccccc6c5)cc4)c4cccc5c4ccc4ccccc45)cc3)c3c2oc2ccccc23)cc1. The molecule has 11 aromatic rings. The Morgan fingerprint density at radius 3 is 1.71 bits per heavy atom. The fourth-order valence-corrected chi connectivity index (χ4v) is 8.52. The smallest absolute Gasteiger partial charge is 0.143 e. The number of hydrogen-bond acceptors (Lipinski definition) is 2. The highest BCUT2D eigenvalue weighted by molar-refractivity contribution is 6.16. The molecule has 1 aromatic heterocycles. The van der Waals surface area contributed by atoms with Gasteiger partial charge in [-0.25, -0.2) is 0 Å². The van der Waals surface area contributed by atoms with Crippen LogP contribution in [0, 0.1) is 0 Å². The summed E-state index contributed by atoms with van der Waals surface area (Å²) >= 11 is 0. The van der Waals surface area contributed by atoms with Gasteiger partial charge in [0.1, 0.15) is 11.2 Å². The molecule has 0 aliphatic heterocycles. The Morgan fingerprint density at radius 2 is 0.911 bits per heavy atom. The topological polar surface area (TPSA) is 16.4 Å². The molecule has 0 aliphatic carbocycles. The Hall–Kier alpha value is -7.42. The molecule has 56 heavy (non-hydrogen) atoms. The maximum atomic E-state index is 6.60. The monoisotopic (exact) mass is 713 g/mol. The van der Waals surface area contributed by atoms with Crippen molar-refractivity contribution < 1.29 is 4.42 Å². The van der Waals surface area contributed by atoms with Crippen molar-refractivity contribution in [1.29, 1.82) is 0 Å². The van der Waals surface area contributed by atoms with Crippen LogP contribution < -0.4 is 4.90 Å². The van der Waals surface area contributed by atoms with Gasteiger partial charge in [-0.3, -0.25) is 0 Å². The van der Waals surface area contributed by atoms with Crippen LogP contribution in [0.25, 0.3) is 87.6 Å². The third kappa shape index (κ3) is 5.34. The van der Waals surface area contributed by atoms with Gasteiger partial charge in [-0.15, -0.1) is 0 Å². The fraction of sp³-hybridized carbons (Fsp3) is 0. The molecule has 0 bridgehead atoms. The molecule has 0 fully saturated rings. The minimum absolute atomic E-state index is 0.894. The number of fused-ring (bicyclic) bond motifs is 7. The van der Waals surface area contributed by atoms with Gasteiger partial charge in [-0.1, -0.05) is 164 Å². The minimum Gasteiger partial charge on any atom is -0.455 e. The van der Waals surface area contributed by atoms with E-state index in [-0.39, 0.29) is 0 Å². The van der Waals surface area contributed by atoms with Crippen LogP contribution in [0.1, 0.15) is 0 Å². The third-order valence-corrected chi connectivity index (χ3v) is 11.3.